The Hall–Kier alpha value is -4.27. The van der Waals surface area contributed by atoms with Crippen molar-refractivity contribution < 1.29 is 31.9 Å². The Labute approximate surface area is 185 Å². The standard InChI is InChI=1S/C24H15F3N2O4/c25-24(26,27)21-20(14-4-2-1-3-5-14)29-23(33-21)15-6-9-17(10-7-15)28-22(30)16-8-11-18-19(12-16)32-13-31-18/h1-12H,13H2,(H,28,30). The molecular weight excluding hydrogens is 437 g/mol. The molecule has 0 aliphatic carbocycles. The zero-order chi connectivity index (χ0) is 23.0. The summed E-state index contributed by atoms with van der Waals surface area (Å²) in [6.07, 6.45) is -4.70. The highest BCUT2D eigenvalue weighted by atomic mass is 19.4. The highest BCUT2D eigenvalue weighted by Gasteiger charge is 2.40. The Morgan fingerprint density at radius 1 is 0.879 bits per heavy atom. The number of nitrogens with one attached hydrogen (secondary N) is 1. The van der Waals surface area contributed by atoms with Crippen LogP contribution in [0.25, 0.3) is 22.7 Å². The lowest BCUT2D eigenvalue weighted by atomic mass is 10.1. The van der Waals surface area contributed by atoms with Gasteiger partial charge in [-0.25, -0.2) is 4.98 Å². The first kappa shape index (κ1) is 20.6. The van der Waals surface area contributed by atoms with Gasteiger partial charge in [0.2, 0.25) is 18.4 Å². The molecule has 0 saturated heterocycles. The fourth-order valence-electron chi connectivity index (χ4n) is 3.36. The molecule has 6 nitrogen and oxygen atoms in total. The molecule has 2 heterocycles. The van der Waals surface area contributed by atoms with Crippen LogP contribution in [0, 0.1) is 0 Å². The molecule has 1 amide bonds. The van der Waals surface area contributed by atoms with Crippen LogP contribution in [0.5, 0.6) is 11.5 Å². The van der Waals surface area contributed by atoms with E-state index in [9.17, 15) is 18.0 Å². The number of halogens is 3. The van der Waals surface area contributed by atoms with Crippen molar-refractivity contribution in [2.75, 3.05) is 12.1 Å². The van der Waals surface area contributed by atoms with E-state index in [-0.39, 0.29) is 24.3 Å². The van der Waals surface area contributed by atoms with Crippen LogP contribution < -0.4 is 14.8 Å². The Balaban J connectivity index is 1.38. The maximum atomic E-state index is 13.5. The molecule has 0 unspecified atom stereocenters. The largest absolute Gasteiger partial charge is 0.454 e. The Kier molecular flexibility index (Phi) is 5.01. The van der Waals surface area contributed by atoms with E-state index < -0.39 is 11.9 Å². The van der Waals surface area contributed by atoms with Gasteiger partial charge in [-0.05, 0) is 42.5 Å². The van der Waals surface area contributed by atoms with Crippen molar-refractivity contribution in [1.82, 2.24) is 4.98 Å². The first-order chi connectivity index (χ1) is 15.9. The molecule has 33 heavy (non-hydrogen) atoms. The number of nitrogens with zero attached hydrogens (tertiary/aromatic N) is 1. The third kappa shape index (κ3) is 4.12. The summed E-state index contributed by atoms with van der Waals surface area (Å²) in [5.41, 5.74) is 1.18. The van der Waals surface area contributed by atoms with Crippen molar-refractivity contribution in [3.63, 3.8) is 0 Å². The number of benzene rings is 3. The van der Waals surface area contributed by atoms with Crippen LogP contribution in [0.15, 0.2) is 77.2 Å². The van der Waals surface area contributed by atoms with E-state index in [1.54, 1.807) is 48.5 Å². The maximum absolute atomic E-state index is 13.5. The first-order valence-electron chi connectivity index (χ1n) is 9.83. The van der Waals surface area contributed by atoms with Crippen LogP contribution in [-0.4, -0.2) is 17.7 Å². The van der Waals surface area contributed by atoms with Gasteiger partial charge < -0.3 is 19.2 Å². The van der Waals surface area contributed by atoms with Crippen molar-refractivity contribution in [3.05, 3.63) is 84.1 Å². The zero-order valence-corrected chi connectivity index (χ0v) is 16.8. The minimum atomic E-state index is -4.70. The molecule has 1 N–H and O–H groups in total. The molecular formula is C24H15F3N2O4. The molecule has 0 spiro atoms. The predicted octanol–water partition coefficient (Wildman–Crippen LogP) is 6.01. The van der Waals surface area contributed by atoms with Gasteiger partial charge in [0.1, 0.15) is 5.69 Å². The highest BCUT2D eigenvalue weighted by Crippen LogP contribution is 2.39. The lowest BCUT2D eigenvalue weighted by Gasteiger charge is -2.06. The Bertz CT molecular complexity index is 1320. The zero-order valence-electron chi connectivity index (χ0n) is 16.8. The molecule has 9 heteroatoms. The van der Waals surface area contributed by atoms with Gasteiger partial charge in [0.05, 0.1) is 0 Å². The molecule has 0 saturated carbocycles. The Morgan fingerprint density at radius 2 is 1.61 bits per heavy atom. The van der Waals surface area contributed by atoms with Gasteiger partial charge >= 0.3 is 6.18 Å². The molecule has 1 aromatic heterocycles. The summed E-state index contributed by atoms with van der Waals surface area (Å²) in [6, 6.07) is 19.0. The third-order valence-corrected chi connectivity index (χ3v) is 4.96. The maximum Gasteiger partial charge on any atom is 0.451 e. The van der Waals surface area contributed by atoms with Gasteiger partial charge in [-0.1, -0.05) is 30.3 Å². The van der Waals surface area contributed by atoms with Crippen molar-refractivity contribution in [1.29, 1.82) is 0 Å². The molecule has 0 radical (unpaired) electrons. The summed E-state index contributed by atoms with van der Waals surface area (Å²) in [6.45, 7) is 0.102. The molecule has 4 aromatic rings. The van der Waals surface area contributed by atoms with E-state index in [1.807, 2.05) is 0 Å². The number of alkyl halides is 3. The normalized spacial score (nSPS) is 12.6. The monoisotopic (exact) mass is 452 g/mol. The van der Waals surface area contributed by atoms with Crippen molar-refractivity contribution in [2.45, 2.75) is 6.18 Å². The Morgan fingerprint density at radius 3 is 2.33 bits per heavy atom. The lowest BCUT2D eigenvalue weighted by Crippen LogP contribution is -2.11. The van der Waals surface area contributed by atoms with Gasteiger partial charge in [-0.2, -0.15) is 13.2 Å². The summed E-state index contributed by atoms with van der Waals surface area (Å²) >= 11 is 0. The summed E-state index contributed by atoms with van der Waals surface area (Å²) in [7, 11) is 0. The van der Waals surface area contributed by atoms with Crippen LogP contribution in [-0.2, 0) is 6.18 Å². The quantitative estimate of drug-likeness (QED) is 0.411. The average Bonchev–Trinajstić information content (AvgIpc) is 3.47. The van der Waals surface area contributed by atoms with Crippen LogP contribution in [0.2, 0.25) is 0 Å². The van der Waals surface area contributed by atoms with Crippen LogP contribution in [0.3, 0.4) is 0 Å². The second-order valence-corrected chi connectivity index (χ2v) is 7.16. The number of carbonyl (C=O) groups is 1. The van der Waals surface area contributed by atoms with Gasteiger partial charge in [0.15, 0.2) is 11.5 Å². The summed E-state index contributed by atoms with van der Waals surface area (Å²) < 4.78 is 56.2. The fourth-order valence-corrected chi connectivity index (χ4v) is 3.36. The number of carbonyl (C=O) groups excluding carboxylic acids is 1. The minimum absolute atomic E-state index is 0.102. The molecule has 0 atom stereocenters. The molecule has 1 aliphatic heterocycles. The summed E-state index contributed by atoms with van der Waals surface area (Å²) in [4.78, 5) is 16.6. The number of oxazole rings is 1. The SMILES string of the molecule is O=C(Nc1ccc(-c2nc(-c3ccccc3)c(C(F)(F)F)o2)cc1)c1ccc2c(c1)OCO2. The highest BCUT2D eigenvalue weighted by molar-refractivity contribution is 6.04. The molecule has 5 rings (SSSR count). The van der Waals surface area contributed by atoms with Crippen molar-refractivity contribution >= 4 is 11.6 Å². The van der Waals surface area contributed by atoms with E-state index in [0.717, 1.165) is 0 Å². The number of anilines is 1. The molecule has 0 fully saturated rings. The number of fused-ring (bicyclic) bond motifs is 1. The third-order valence-electron chi connectivity index (χ3n) is 4.96. The topological polar surface area (TPSA) is 73.6 Å². The van der Waals surface area contributed by atoms with E-state index in [0.29, 0.717) is 33.9 Å². The summed E-state index contributed by atoms with van der Waals surface area (Å²) in [5.74, 6) is -0.659. The minimum Gasteiger partial charge on any atom is -0.454 e. The van der Waals surface area contributed by atoms with Crippen molar-refractivity contribution in [3.8, 4) is 34.2 Å². The van der Waals surface area contributed by atoms with Crippen LogP contribution in [0.4, 0.5) is 18.9 Å². The predicted molar refractivity (Wildman–Crippen MR) is 113 cm³/mol. The molecule has 1 aliphatic rings. The number of hydrogen-bond donors (Lipinski definition) is 1. The summed E-state index contributed by atoms with van der Waals surface area (Å²) in [5, 5.41) is 2.73. The molecule has 3 aromatic carbocycles. The number of amides is 1. The number of hydrogen-bond acceptors (Lipinski definition) is 5. The molecule has 166 valence electrons. The van der Waals surface area contributed by atoms with Gasteiger partial charge in [-0.3, -0.25) is 4.79 Å². The van der Waals surface area contributed by atoms with E-state index in [4.69, 9.17) is 13.9 Å². The molecule has 0 bridgehead atoms. The smallest absolute Gasteiger partial charge is 0.451 e. The second-order valence-electron chi connectivity index (χ2n) is 7.16. The number of ether oxygens (including phenoxy) is 2. The van der Waals surface area contributed by atoms with Gasteiger partial charge in [0, 0.05) is 22.4 Å². The van der Waals surface area contributed by atoms with Crippen molar-refractivity contribution in [2.24, 2.45) is 0 Å². The lowest BCUT2D eigenvalue weighted by molar-refractivity contribution is -0.152. The first-order valence-corrected chi connectivity index (χ1v) is 9.83. The average molecular weight is 452 g/mol. The van der Waals surface area contributed by atoms with E-state index in [1.165, 1.54) is 24.3 Å². The van der Waals surface area contributed by atoms with E-state index >= 15 is 0 Å². The fraction of sp³-hybridized carbons (Fsp3) is 0.0833. The van der Waals surface area contributed by atoms with E-state index in [2.05, 4.69) is 10.3 Å². The number of rotatable bonds is 4. The second kappa shape index (κ2) is 8.01. The van der Waals surface area contributed by atoms with Crippen LogP contribution in [0.1, 0.15) is 16.1 Å². The van der Waals surface area contributed by atoms with Gasteiger partial charge in [-0.15, -0.1) is 0 Å². The number of aromatic nitrogens is 1. The van der Waals surface area contributed by atoms with Crippen LogP contribution >= 0.6 is 0 Å². The van der Waals surface area contributed by atoms with Gasteiger partial charge in [0.25, 0.3) is 5.91 Å².